The Morgan fingerprint density at radius 3 is 2.33 bits per heavy atom. The molecule has 1 heterocycles. The van der Waals surface area contributed by atoms with Crippen molar-refractivity contribution in [2.45, 2.75) is 4.71 Å². The number of hydrogen-bond donors (Lipinski definition) is 0. The third kappa shape index (κ3) is 1.90. The Bertz CT molecular complexity index is 448. The molecule has 0 saturated heterocycles. The Kier molecular flexibility index (Phi) is 2.33. The highest BCUT2D eigenvalue weighted by Crippen LogP contribution is 2.47. The van der Waals surface area contributed by atoms with Crippen LogP contribution in [0.1, 0.15) is 0 Å². The molecule has 15 heavy (non-hydrogen) atoms. The zero-order valence-electron chi connectivity index (χ0n) is 6.87. The number of halogens is 3. The highest BCUT2D eigenvalue weighted by Gasteiger charge is 2.39. The van der Waals surface area contributed by atoms with Crippen LogP contribution in [0, 0.1) is 10.1 Å². The number of hydrogen-bond acceptors (Lipinski definition) is 4. The van der Waals surface area contributed by atoms with Crippen molar-refractivity contribution in [3.05, 3.63) is 27.3 Å². The summed E-state index contributed by atoms with van der Waals surface area (Å²) in [6, 6.07) is 2.33. The second-order valence-electron chi connectivity index (χ2n) is 2.67. The van der Waals surface area contributed by atoms with E-state index in [1.54, 1.807) is 0 Å². The van der Waals surface area contributed by atoms with Gasteiger partial charge in [0.25, 0.3) is 5.69 Å². The first-order chi connectivity index (χ1) is 6.89. The molecular formula is C7H2Cl3NO4. The Morgan fingerprint density at radius 2 is 1.80 bits per heavy atom. The maximum Gasteiger partial charge on any atom is 0.419 e. The molecule has 80 valence electrons. The molecule has 0 spiro atoms. The molecular weight excluding hydrogens is 268 g/mol. The second kappa shape index (κ2) is 3.30. The summed E-state index contributed by atoms with van der Waals surface area (Å²) in [5, 5.41) is 10.5. The summed E-state index contributed by atoms with van der Waals surface area (Å²) in [6.45, 7) is 0. The standard InChI is InChI=1S/C7H2Cl3NO4/c8-3-1-5-6(2-4(3)11(12)13)15-7(9,10)14-5/h1-2H. The molecule has 0 amide bonds. The Hall–Kier alpha value is -0.910. The van der Waals surface area contributed by atoms with Gasteiger partial charge >= 0.3 is 4.71 Å². The van der Waals surface area contributed by atoms with Gasteiger partial charge in [0.15, 0.2) is 11.5 Å². The topological polar surface area (TPSA) is 61.6 Å². The molecule has 1 aliphatic rings. The second-order valence-corrected chi connectivity index (χ2v) is 4.27. The maximum absolute atomic E-state index is 10.5. The average Bonchev–Trinajstić information content (AvgIpc) is 2.36. The first-order valence-electron chi connectivity index (χ1n) is 3.63. The number of fused-ring (bicyclic) bond motifs is 1. The van der Waals surface area contributed by atoms with Crippen LogP contribution >= 0.6 is 34.8 Å². The summed E-state index contributed by atoms with van der Waals surface area (Å²) in [5.74, 6) is 0.242. The molecule has 0 atom stereocenters. The number of alkyl halides is 2. The van der Waals surface area contributed by atoms with Gasteiger partial charge in [-0.05, 0) is 23.2 Å². The van der Waals surface area contributed by atoms with Crippen LogP contribution in [0.2, 0.25) is 5.02 Å². The van der Waals surface area contributed by atoms with Gasteiger partial charge in [-0.1, -0.05) is 11.6 Å². The predicted octanol–water partition coefficient (Wildman–Crippen LogP) is 3.11. The van der Waals surface area contributed by atoms with Crippen molar-refractivity contribution in [3.63, 3.8) is 0 Å². The van der Waals surface area contributed by atoms with Crippen molar-refractivity contribution < 1.29 is 14.4 Å². The number of nitrogens with zero attached hydrogens (tertiary/aromatic N) is 1. The summed E-state index contributed by atoms with van der Waals surface area (Å²) in [5.41, 5.74) is -0.301. The minimum absolute atomic E-state index is 0.0756. The smallest absolute Gasteiger partial charge is 0.419 e. The van der Waals surface area contributed by atoms with Crippen molar-refractivity contribution in [1.29, 1.82) is 0 Å². The van der Waals surface area contributed by atoms with E-state index < -0.39 is 9.63 Å². The molecule has 1 aromatic rings. The highest BCUT2D eigenvalue weighted by atomic mass is 35.5. The number of rotatable bonds is 1. The van der Waals surface area contributed by atoms with Gasteiger partial charge in [-0.15, -0.1) is 0 Å². The van der Waals surface area contributed by atoms with E-state index in [9.17, 15) is 10.1 Å². The van der Waals surface area contributed by atoms with Crippen LogP contribution in [-0.2, 0) is 0 Å². The molecule has 0 saturated carbocycles. The van der Waals surface area contributed by atoms with Crippen molar-refractivity contribution in [2.75, 3.05) is 0 Å². The first-order valence-corrected chi connectivity index (χ1v) is 4.76. The number of ether oxygens (including phenoxy) is 2. The SMILES string of the molecule is O=[N+]([O-])c1cc2c(cc1Cl)OC(Cl)(Cl)O2. The molecule has 0 unspecified atom stereocenters. The van der Waals surface area contributed by atoms with Crippen molar-refractivity contribution in [2.24, 2.45) is 0 Å². The molecule has 2 rings (SSSR count). The summed E-state index contributed by atoms with van der Waals surface area (Å²) >= 11 is 16.7. The number of benzene rings is 1. The zero-order valence-corrected chi connectivity index (χ0v) is 9.14. The Morgan fingerprint density at radius 1 is 1.27 bits per heavy atom. The van der Waals surface area contributed by atoms with Crippen LogP contribution in [0.5, 0.6) is 11.5 Å². The van der Waals surface area contributed by atoms with Crippen LogP contribution in [-0.4, -0.2) is 9.63 Å². The van der Waals surface area contributed by atoms with Gasteiger partial charge in [-0.2, -0.15) is 0 Å². The fourth-order valence-electron chi connectivity index (χ4n) is 1.10. The van der Waals surface area contributed by atoms with E-state index in [1.165, 1.54) is 6.07 Å². The lowest BCUT2D eigenvalue weighted by atomic mass is 10.3. The molecule has 0 bridgehead atoms. The van der Waals surface area contributed by atoms with Gasteiger partial charge in [0.2, 0.25) is 0 Å². The van der Waals surface area contributed by atoms with Crippen molar-refractivity contribution in [1.82, 2.24) is 0 Å². The molecule has 1 aliphatic heterocycles. The quantitative estimate of drug-likeness (QED) is 0.447. The van der Waals surface area contributed by atoms with Gasteiger partial charge in [-0.3, -0.25) is 10.1 Å². The average molecular weight is 270 g/mol. The highest BCUT2D eigenvalue weighted by molar-refractivity contribution is 6.46. The third-order valence-corrected chi connectivity index (χ3v) is 2.28. The monoisotopic (exact) mass is 269 g/mol. The van der Waals surface area contributed by atoms with E-state index in [-0.39, 0.29) is 22.2 Å². The summed E-state index contributed by atoms with van der Waals surface area (Å²) in [7, 11) is 0. The van der Waals surface area contributed by atoms with Crippen molar-refractivity contribution in [3.8, 4) is 11.5 Å². The van der Waals surface area contributed by atoms with Gasteiger partial charge in [0, 0.05) is 6.07 Å². The molecule has 0 aliphatic carbocycles. The fraction of sp³-hybridized carbons (Fsp3) is 0.143. The molecule has 0 fully saturated rings. The lowest BCUT2D eigenvalue weighted by Crippen LogP contribution is -2.22. The third-order valence-electron chi connectivity index (χ3n) is 1.67. The first kappa shape index (κ1) is 10.6. The summed E-state index contributed by atoms with van der Waals surface area (Å²) < 4.78 is 7.94. The van der Waals surface area contributed by atoms with Crippen LogP contribution in [0.3, 0.4) is 0 Å². The van der Waals surface area contributed by atoms with E-state index in [2.05, 4.69) is 0 Å². The number of nitro groups is 1. The molecule has 0 radical (unpaired) electrons. The Labute approximate surface area is 98.6 Å². The molecule has 8 heteroatoms. The van der Waals surface area contributed by atoms with Gasteiger partial charge < -0.3 is 9.47 Å². The van der Waals surface area contributed by atoms with E-state index >= 15 is 0 Å². The van der Waals surface area contributed by atoms with Crippen LogP contribution < -0.4 is 9.47 Å². The summed E-state index contributed by atoms with van der Waals surface area (Å²) in [6.07, 6.45) is 0. The Balaban J connectivity index is 2.50. The van der Waals surface area contributed by atoms with Crippen LogP contribution in [0.4, 0.5) is 5.69 Å². The van der Waals surface area contributed by atoms with Gasteiger partial charge in [0.1, 0.15) is 5.02 Å². The lowest BCUT2D eigenvalue weighted by Gasteiger charge is -2.09. The lowest BCUT2D eigenvalue weighted by molar-refractivity contribution is -0.384. The predicted molar refractivity (Wildman–Crippen MR) is 53.8 cm³/mol. The normalized spacial score (nSPS) is 16.5. The molecule has 5 nitrogen and oxygen atoms in total. The minimum Gasteiger partial charge on any atom is -0.423 e. The summed E-state index contributed by atoms with van der Waals surface area (Å²) in [4.78, 5) is 9.90. The van der Waals surface area contributed by atoms with E-state index in [1.807, 2.05) is 0 Å². The number of nitro benzene ring substituents is 1. The van der Waals surface area contributed by atoms with Crippen LogP contribution in [0.15, 0.2) is 12.1 Å². The van der Waals surface area contributed by atoms with Crippen LogP contribution in [0.25, 0.3) is 0 Å². The van der Waals surface area contributed by atoms with Gasteiger partial charge in [0.05, 0.1) is 11.0 Å². The van der Waals surface area contributed by atoms with Gasteiger partial charge in [-0.25, -0.2) is 0 Å². The minimum atomic E-state index is -1.86. The van der Waals surface area contributed by atoms with E-state index in [0.29, 0.717) is 0 Å². The van der Waals surface area contributed by atoms with E-state index in [4.69, 9.17) is 44.3 Å². The van der Waals surface area contributed by atoms with E-state index in [0.717, 1.165) is 6.07 Å². The zero-order chi connectivity index (χ0) is 11.2. The largest absolute Gasteiger partial charge is 0.423 e. The molecule has 0 aromatic heterocycles. The van der Waals surface area contributed by atoms with Crippen molar-refractivity contribution >= 4 is 40.5 Å². The molecule has 1 aromatic carbocycles. The molecule has 0 N–H and O–H groups in total. The maximum atomic E-state index is 10.5. The fourth-order valence-corrected chi connectivity index (χ4v) is 1.66.